The van der Waals surface area contributed by atoms with Crippen molar-refractivity contribution in [2.75, 3.05) is 0 Å². The molecule has 1 heterocycles. The summed E-state index contributed by atoms with van der Waals surface area (Å²) in [7, 11) is 0. The number of hydrogen-bond donors (Lipinski definition) is 1. The first-order valence-corrected chi connectivity index (χ1v) is 7.04. The quantitative estimate of drug-likeness (QED) is 0.813. The molecule has 1 spiro atoms. The summed E-state index contributed by atoms with van der Waals surface area (Å²) in [6.07, 6.45) is 3.70. The molecule has 0 aromatic rings. The van der Waals surface area contributed by atoms with E-state index in [1.807, 2.05) is 32.6 Å². The SMILES string of the molecule is CC(C)C1NC(=O)C2(CCCC2)N(C(C)C)C1=O. The number of hydrogen-bond acceptors (Lipinski definition) is 2. The van der Waals surface area contributed by atoms with Crippen molar-refractivity contribution in [1.29, 1.82) is 0 Å². The zero-order valence-corrected chi connectivity index (χ0v) is 11.8. The molecular formula is C14H24N2O2. The van der Waals surface area contributed by atoms with Crippen LogP contribution in [0.5, 0.6) is 0 Å². The number of nitrogens with one attached hydrogen (secondary N) is 1. The summed E-state index contributed by atoms with van der Waals surface area (Å²) >= 11 is 0. The normalized spacial score (nSPS) is 27.4. The van der Waals surface area contributed by atoms with Gasteiger partial charge in [-0.3, -0.25) is 9.59 Å². The molecule has 1 N–H and O–H groups in total. The summed E-state index contributed by atoms with van der Waals surface area (Å²) < 4.78 is 0. The van der Waals surface area contributed by atoms with Gasteiger partial charge in [0.1, 0.15) is 11.6 Å². The molecule has 0 radical (unpaired) electrons. The number of carbonyl (C=O) groups excluding carboxylic acids is 2. The van der Waals surface area contributed by atoms with Crippen LogP contribution in [0.15, 0.2) is 0 Å². The molecule has 4 nitrogen and oxygen atoms in total. The maximum atomic E-state index is 12.6. The van der Waals surface area contributed by atoms with Crippen molar-refractivity contribution >= 4 is 11.8 Å². The van der Waals surface area contributed by atoms with Gasteiger partial charge in [0.2, 0.25) is 11.8 Å². The average molecular weight is 252 g/mol. The minimum atomic E-state index is -0.559. The van der Waals surface area contributed by atoms with Crippen LogP contribution in [0.25, 0.3) is 0 Å². The second kappa shape index (κ2) is 4.56. The first-order valence-electron chi connectivity index (χ1n) is 7.04. The highest BCUT2D eigenvalue weighted by atomic mass is 16.2. The highest BCUT2D eigenvalue weighted by Gasteiger charge is 2.54. The van der Waals surface area contributed by atoms with Crippen molar-refractivity contribution in [2.24, 2.45) is 5.92 Å². The Morgan fingerprint density at radius 3 is 2.17 bits per heavy atom. The van der Waals surface area contributed by atoms with Crippen LogP contribution in [-0.2, 0) is 9.59 Å². The monoisotopic (exact) mass is 252 g/mol. The van der Waals surface area contributed by atoms with Crippen LogP contribution < -0.4 is 5.32 Å². The van der Waals surface area contributed by atoms with Crippen molar-refractivity contribution in [3.8, 4) is 0 Å². The summed E-state index contributed by atoms with van der Waals surface area (Å²) in [4.78, 5) is 27.0. The Morgan fingerprint density at radius 2 is 1.72 bits per heavy atom. The number of nitrogens with zero attached hydrogens (tertiary/aromatic N) is 1. The van der Waals surface area contributed by atoms with Gasteiger partial charge in [-0.15, -0.1) is 0 Å². The summed E-state index contributed by atoms with van der Waals surface area (Å²) in [6.45, 7) is 7.98. The van der Waals surface area contributed by atoms with Crippen LogP contribution >= 0.6 is 0 Å². The smallest absolute Gasteiger partial charge is 0.246 e. The van der Waals surface area contributed by atoms with E-state index in [-0.39, 0.29) is 29.8 Å². The van der Waals surface area contributed by atoms with Crippen LogP contribution in [0.4, 0.5) is 0 Å². The molecule has 1 saturated carbocycles. The Kier molecular flexibility index (Phi) is 3.39. The maximum Gasteiger partial charge on any atom is 0.246 e. The largest absolute Gasteiger partial charge is 0.342 e. The Bertz CT molecular complexity index is 357. The van der Waals surface area contributed by atoms with E-state index < -0.39 is 5.54 Å². The molecule has 1 unspecified atom stereocenters. The van der Waals surface area contributed by atoms with E-state index in [0.29, 0.717) is 0 Å². The van der Waals surface area contributed by atoms with Crippen molar-refractivity contribution < 1.29 is 9.59 Å². The molecule has 1 aliphatic carbocycles. The zero-order valence-electron chi connectivity index (χ0n) is 11.8. The Balaban J connectivity index is 2.38. The minimum absolute atomic E-state index is 0.0620. The fourth-order valence-corrected chi connectivity index (χ4v) is 3.44. The maximum absolute atomic E-state index is 12.6. The summed E-state index contributed by atoms with van der Waals surface area (Å²) in [5.74, 6) is 0.301. The van der Waals surface area contributed by atoms with Crippen LogP contribution in [-0.4, -0.2) is 34.3 Å². The molecule has 0 aromatic carbocycles. The Labute approximate surface area is 109 Å². The van der Waals surface area contributed by atoms with Crippen LogP contribution in [0, 0.1) is 5.92 Å². The molecule has 0 aromatic heterocycles. The minimum Gasteiger partial charge on any atom is -0.342 e. The third-order valence-electron chi connectivity index (χ3n) is 4.29. The lowest BCUT2D eigenvalue weighted by Crippen LogP contribution is -2.72. The van der Waals surface area contributed by atoms with Gasteiger partial charge in [-0.25, -0.2) is 0 Å². The molecule has 102 valence electrons. The van der Waals surface area contributed by atoms with E-state index in [0.717, 1.165) is 25.7 Å². The van der Waals surface area contributed by atoms with E-state index in [4.69, 9.17) is 0 Å². The third kappa shape index (κ3) is 1.82. The van der Waals surface area contributed by atoms with Crippen molar-refractivity contribution in [2.45, 2.75) is 71.0 Å². The van der Waals surface area contributed by atoms with Gasteiger partial charge in [-0.2, -0.15) is 0 Å². The summed E-state index contributed by atoms with van der Waals surface area (Å²) in [6, 6.07) is -0.269. The first-order chi connectivity index (χ1) is 8.40. The van der Waals surface area contributed by atoms with Gasteiger partial charge < -0.3 is 10.2 Å². The van der Waals surface area contributed by atoms with Crippen LogP contribution in [0.2, 0.25) is 0 Å². The highest BCUT2D eigenvalue weighted by molar-refractivity contribution is 6.00. The third-order valence-corrected chi connectivity index (χ3v) is 4.29. The van der Waals surface area contributed by atoms with E-state index in [2.05, 4.69) is 5.32 Å². The van der Waals surface area contributed by atoms with E-state index in [1.165, 1.54) is 0 Å². The molecule has 2 rings (SSSR count). The number of amides is 2. The number of piperazine rings is 1. The Hall–Kier alpha value is -1.06. The van der Waals surface area contributed by atoms with Crippen molar-refractivity contribution in [3.05, 3.63) is 0 Å². The molecule has 1 saturated heterocycles. The van der Waals surface area contributed by atoms with Crippen LogP contribution in [0.3, 0.4) is 0 Å². The second-order valence-electron chi connectivity index (χ2n) is 6.24. The fraction of sp³-hybridized carbons (Fsp3) is 0.857. The molecule has 4 heteroatoms. The zero-order chi connectivity index (χ0) is 13.5. The number of rotatable bonds is 2. The van der Waals surface area contributed by atoms with Crippen molar-refractivity contribution in [3.63, 3.8) is 0 Å². The molecular weight excluding hydrogens is 228 g/mol. The second-order valence-corrected chi connectivity index (χ2v) is 6.24. The lowest BCUT2D eigenvalue weighted by molar-refractivity contribution is -0.161. The molecule has 1 aliphatic heterocycles. The highest BCUT2D eigenvalue weighted by Crippen LogP contribution is 2.39. The first kappa shape index (κ1) is 13.4. The molecule has 2 fully saturated rings. The predicted molar refractivity (Wildman–Crippen MR) is 69.9 cm³/mol. The number of carbonyl (C=O) groups is 2. The fourth-order valence-electron chi connectivity index (χ4n) is 3.44. The lowest BCUT2D eigenvalue weighted by Gasteiger charge is -2.49. The molecule has 1 atom stereocenters. The topological polar surface area (TPSA) is 49.4 Å². The van der Waals surface area contributed by atoms with Gasteiger partial charge in [0.25, 0.3) is 0 Å². The standard InChI is InChI=1S/C14H24N2O2/c1-9(2)11-12(17)16(10(3)4)14(13(18)15-11)7-5-6-8-14/h9-11H,5-8H2,1-4H3,(H,15,18). The van der Waals surface area contributed by atoms with Gasteiger partial charge in [-0.1, -0.05) is 26.7 Å². The van der Waals surface area contributed by atoms with E-state index in [1.54, 1.807) is 0 Å². The van der Waals surface area contributed by atoms with Crippen molar-refractivity contribution in [1.82, 2.24) is 10.2 Å². The van der Waals surface area contributed by atoms with Crippen LogP contribution in [0.1, 0.15) is 53.4 Å². The van der Waals surface area contributed by atoms with Gasteiger partial charge >= 0.3 is 0 Å². The van der Waals surface area contributed by atoms with Gasteiger partial charge in [0.05, 0.1) is 0 Å². The van der Waals surface area contributed by atoms with E-state index >= 15 is 0 Å². The molecule has 2 aliphatic rings. The van der Waals surface area contributed by atoms with Gasteiger partial charge in [0.15, 0.2) is 0 Å². The average Bonchev–Trinajstić information content (AvgIpc) is 2.73. The summed E-state index contributed by atoms with van der Waals surface area (Å²) in [5, 5.41) is 2.95. The lowest BCUT2D eigenvalue weighted by atomic mass is 9.86. The summed E-state index contributed by atoms with van der Waals surface area (Å²) in [5.41, 5.74) is -0.559. The van der Waals surface area contributed by atoms with Gasteiger partial charge in [0, 0.05) is 6.04 Å². The molecule has 0 bridgehead atoms. The van der Waals surface area contributed by atoms with E-state index in [9.17, 15) is 9.59 Å². The van der Waals surface area contributed by atoms with Gasteiger partial charge in [-0.05, 0) is 32.6 Å². The molecule has 2 amide bonds. The molecule has 18 heavy (non-hydrogen) atoms. The predicted octanol–water partition coefficient (Wildman–Crippen LogP) is 1.69. The Morgan fingerprint density at radius 1 is 1.17 bits per heavy atom.